The van der Waals surface area contributed by atoms with Crippen molar-refractivity contribution in [3.8, 4) is 0 Å². The van der Waals surface area contributed by atoms with Crippen molar-refractivity contribution in [2.75, 3.05) is 0 Å². The molecule has 0 saturated heterocycles. The summed E-state index contributed by atoms with van der Waals surface area (Å²) in [6.45, 7) is 1.81. The zero-order valence-corrected chi connectivity index (χ0v) is 8.82. The Morgan fingerprint density at radius 3 is 2.79 bits per heavy atom. The summed E-state index contributed by atoms with van der Waals surface area (Å²) in [5, 5.41) is 0.827. The van der Waals surface area contributed by atoms with E-state index in [0.29, 0.717) is 10.2 Å². The molecule has 0 N–H and O–H groups in total. The molecule has 3 nitrogen and oxygen atoms in total. The Kier molecular flexibility index (Phi) is 2.04. The van der Waals surface area contributed by atoms with Gasteiger partial charge in [-0.05, 0) is 25.1 Å². The van der Waals surface area contributed by atoms with Gasteiger partial charge in [0.25, 0.3) is 0 Å². The number of fused-ring (bicyclic) bond motifs is 1. The summed E-state index contributed by atoms with van der Waals surface area (Å²) in [6, 6.07) is 4.03. The third kappa shape index (κ3) is 1.62. The Bertz CT molecular complexity index is 588. The van der Waals surface area contributed by atoms with Crippen LogP contribution in [0.4, 0.5) is 3.89 Å². The van der Waals surface area contributed by atoms with Crippen molar-refractivity contribution >= 4 is 31.8 Å². The standard InChI is InChI=1S/C8H6FNO2S2/c1-5-10-7-3-2-6(14(9,11)12)4-8(7)13-5/h2-4H,1H3. The van der Waals surface area contributed by atoms with Crippen LogP contribution in [0.15, 0.2) is 23.1 Å². The van der Waals surface area contributed by atoms with Gasteiger partial charge in [-0.2, -0.15) is 8.42 Å². The molecule has 2 aromatic rings. The monoisotopic (exact) mass is 231 g/mol. The van der Waals surface area contributed by atoms with Gasteiger partial charge >= 0.3 is 10.2 Å². The van der Waals surface area contributed by atoms with Crippen molar-refractivity contribution in [2.45, 2.75) is 11.8 Å². The number of nitrogens with zero attached hydrogens (tertiary/aromatic N) is 1. The van der Waals surface area contributed by atoms with E-state index in [4.69, 9.17) is 0 Å². The SMILES string of the molecule is Cc1nc2ccc(S(=O)(=O)F)cc2s1. The lowest BCUT2D eigenvalue weighted by Gasteiger charge is -1.92. The van der Waals surface area contributed by atoms with E-state index in [0.717, 1.165) is 5.01 Å². The average molecular weight is 231 g/mol. The first-order valence-corrected chi connectivity index (χ1v) is 5.99. The lowest BCUT2D eigenvalue weighted by Crippen LogP contribution is -1.90. The second-order valence-corrected chi connectivity index (χ2v) is 5.38. The molecule has 0 radical (unpaired) electrons. The number of aryl methyl sites for hydroxylation is 1. The zero-order valence-electron chi connectivity index (χ0n) is 7.19. The molecule has 6 heteroatoms. The molecule has 0 aliphatic heterocycles. The van der Waals surface area contributed by atoms with E-state index in [1.54, 1.807) is 0 Å². The summed E-state index contributed by atoms with van der Waals surface area (Å²) in [5.74, 6) is 0. The van der Waals surface area contributed by atoms with Gasteiger partial charge in [-0.25, -0.2) is 4.98 Å². The molecule has 0 fully saturated rings. The maximum absolute atomic E-state index is 12.6. The van der Waals surface area contributed by atoms with Gasteiger partial charge in [0.15, 0.2) is 0 Å². The molecule has 0 unspecified atom stereocenters. The van der Waals surface area contributed by atoms with E-state index in [2.05, 4.69) is 4.98 Å². The highest BCUT2D eigenvalue weighted by atomic mass is 32.3. The third-order valence-corrected chi connectivity index (χ3v) is 3.50. The van der Waals surface area contributed by atoms with E-state index < -0.39 is 10.2 Å². The van der Waals surface area contributed by atoms with Crippen molar-refractivity contribution in [1.82, 2.24) is 4.98 Å². The number of hydrogen-bond acceptors (Lipinski definition) is 4. The van der Waals surface area contributed by atoms with E-state index in [1.165, 1.54) is 29.5 Å². The van der Waals surface area contributed by atoms with Gasteiger partial charge < -0.3 is 0 Å². The Balaban J connectivity index is 2.74. The second kappa shape index (κ2) is 2.99. The highest BCUT2D eigenvalue weighted by Crippen LogP contribution is 2.25. The first kappa shape index (κ1) is 9.54. The van der Waals surface area contributed by atoms with Crippen LogP contribution in [-0.4, -0.2) is 13.4 Å². The predicted octanol–water partition coefficient (Wildman–Crippen LogP) is 2.26. The minimum atomic E-state index is -4.61. The van der Waals surface area contributed by atoms with Crippen molar-refractivity contribution < 1.29 is 12.3 Å². The fraction of sp³-hybridized carbons (Fsp3) is 0.125. The smallest absolute Gasteiger partial charge is 0.242 e. The summed E-state index contributed by atoms with van der Waals surface area (Å²) in [5.41, 5.74) is 0.694. The molecule has 0 saturated carbocycles. The number of aromatic nitrogens is 1. The summed E-state index contributed by atoms with van der Waals surface area (Å²) in [4.78, 5) is 3.83. The van der Waals surface area contributed by atoms with Crippen LogP contribution in [0.5, 0.6) is 0 Å². The van der Waals surface area contributed by atoms with E-state index in [-0.39, 0.29) is 4.90 Å². The molecule has 1 heterocycles. The quantitative estimate of drug-likeness (QED) is 0.707. The zero-order chi connectivity index (χ0) is 10.3. The summed E-state index contributed by atoms with van der Waals surface area (Å²) in [7, 11) is -4.61. The maximum Gasteiger partial charge on any atom is 0.332 e. The minimum Gasteiger partial charge on any atom is -0.242 e. The summed E-state index contributed by atoms with van der Waals surface area (Å²) < 4.78 is 34.5. The van der Waals surface area contributed by atoms with Crippen molar-refractivity contribution in [3.63, 3.8) is 0 Å². The van der Waals surface area contributed by atoms with Crippen LogP contribution in [0.3, 0.4) is 0 Å². The second-order valence-electron chi connectivity index (χ2n) is 2.80. The van der Waals surface area contributed by atoms with Crippen molar-refractivity contribution in [1.29, 1.82) is 0 Å². The topological polar surface area (TPSA) is 47.0 Å². The molecular weight excluding hydrogens is 225 g/mol. The first-order valence-electron chi connectivity index (χ1n) is 3.79. The molecule has 0 atom stereocenters. The summed E-state index contributed by atoms with van der Waals surface area (Å²) in [6.07, 6.45) is 0. The molecule has 2 rings (SSSR count). The normalized spacial score (nSPS) is 12.1. The van der Waals surface area contributed by atoms with Gasteiger partial charge in [0.2, 0.25) is 0 Å². The van der Waals surface area contributed by atoms with Gasteiger partial charge in [-0.3, -0.25) is 0 Å². The number of thiazole rings is 1. The molecule has 74 valence electrons. The average Bonchev–Trinajstić information content (AvgIpc) is 2.41. The maximum atomic E-state index is 12.6. The Morgan fingerprint density at radius 2 is 2.14 bits per heavy atom. The largest absolute Gasteiger partial charge is 0.332 e. The summed E-state index contributed by atoms with van der Waals surface area (Å²) >= 11 is 1.34. The van der Waals surface area contributed by atoms with Crippen LogP contribution >= 0.6 is 11.3 Å². The van der Waals surface area contributed by atoms with Crippen molar-refractivity contribution in [3.05, 3.63) is 23.2 Å². The molecule has 0 bridgehead atoms. The van der Waals surface area contributed by atoms with Crippen molar-refractivity contribution in [2.24, 2.45) is 0 Å². The number of benzene rings is 1. The van der Waals surface area contributed by atoms with Gasteiger partial charge in [-0.15, -0.1) is 15.2 Å². The molecule has 14 heavy (non-hydrogen) atoms. The molecule has 0 aliphatic carbocycles. The van der Waals surface area contributed by atoms with E-state index in [1.807, 2.05) is 6.92 Å². The van der Waals surface area contributed by atoms with E-state index in [9.17, 15) is 12.3 Å². The lowest BCUT2D eigenvalue weighted by molar-refractivity contribution is 0.552. The minimum absolute atomic E-state index is 0.311. The Hall–Kier alpha value is -1.01. The van der Waals surface area contributed by atoms with Gasteiger partial charge in [0.1, 0.15) is 4.90 Å². The Morgan fingerprint density at radius 1 is 1.43 bits per heavy atom. The number of hydrogen-bond donors (Lipinski definition) is 0. The lowest BCUT2D eigenvalue weighted by atomic mass is 10.3. The van der Waals surface area contributed by atoms with Crippen LogP contribution in [0, 0.1) is 6.92 Å². The fourth-order valence-electron chi connectivity index (χ4n) is 1.17. The first-order chi connectivity index (χ1) is 6.47. The van der Waals surface area contributed by atoms with Crippen LogP contribution in [0.25, 0.3) is 10.2 Å². The van der Waals surface area contributed by atoms with Crippen LogP contribution in [0.2, 0.25) is 0 Å². The third-order valence-electron chi connectivity index (χ3n) is 1.75. The predicted molar refractivity (Wildman–Crippen MR) is 52.7 cm³/mol. The molecule has 0 aliphatic rings. The van der Waals surface area contributed by atoms with Crippen LogP contribution in [0.1, 0.15) is 5.01 Å². The highest BCUT2D eigenvalue weighted by Gasteiger charge is 2.13. The molecule has 1 aromatic carbocycles. The van der Waals surface area contributed by atoms with Gasteiger partial charge in [-0.1, -0.05) is 0 Å². The number of rotatable bonds is 1. The molecule has 1 aromatic heterocycles. The van der Waals surface area contributed by atoms with E-state index >= 15 is 0 Å². The molecular formula is C8H6FNO2S2. The van der Waals surface area contributed by atoms with Crippen LogP contribution in [-0.2, 0) is 10.2 Å². The fourth-order valence-corrected chi connectivity index (χ4v) is 2.60. The number of halogens is 1. The van der Waals surface area contributed by atoms with Gasteiger partial charge in [0, 0.05) is 0 Å². The molecule has 0 amide bonds. The highest BCUT2D eigenvalue weighted by molar-refractivity contribution is 7.86. The Labute approximate surface area is 84.4 Å². The molecule has 0 spiro atoms. The van der Waals surface area contributed by atoms with Crippen LogP contribution < -0.4 is 0 Å². The van der Waals surface area contributed by atoms with Gasteiger partial charge in [0.05, 0.1) is 15.2 Å².